The van der Waals surface area contributed by atoms with E-state index in [1.165, 1.54) is 0 Å². The maximum Gasteiger partial charge on any atom is 0.338 e. The summed E-state index contributed by atoms with van der Waals surface area (Å²) in [6.45, 7) is 3.41. The third-order valence-electron chi connectivity index (χ3n) is 5.54. The van der Waals surface area contributed by atoms with Crippen molar-refractivity contribution in [1.82, 2.24) is 14.9 Å². The van der Waals surface area contributed by atoms with Crippen molar-refractivity contribution >= 4 is 22.9 Å². The van der Waals surface area contributed by atoms with Gasteiger partial charge >= 0.3 is 5.97 Å². The van der Waals surface area contributed by atoms with Crippen LogP contribution in [0.15, 0.2) is 42.5 Å². The van der Waals surface area contributed by atoms with Crippen LogP contribution in [0.1, 0.15) is 30.1 Å². The van der Waals surface area contributed by atoms with E-state index in [9.17, 15) is 9.59 Å². The van der Waals surface area contributed by atoms with Crippen LogP contribution in [0.3, 0.4) is 0 Å². The van der Waals surface area contributed by atoms with E-state index < -0.39 is 5.97 Å². The van der Waals surface area contributed by atoms with Crippen LogP contribution in [0, 0.1) is 5.92 Å². The fourth-order valence-corrected chi connectivity index (χ4v) is 3.58. The highest BCUT2D eigenvalue weighted by Crippen LogP contribution is 2.23. The normalized spacial score (nSPS) is 14.7. The van der Waals surface area contributed by atoms with Gasteiger partial charge in [-0.15, -0.1) is 0 Å². The molecule has 0 aliphatic carbocycles. The van der Waals surface area contributed by atoms with Gasteiger partial charge in [-0.25, -0.2) is 9.78 Å². The summed E-state index contributed by atoms with van der Waals surface area (Å²) in [7, 11) is 1.62. The molecule has 1 aliphatic heterocycles. The van der Waals surface area contributed by atoms with Crippen LogP contribution in [-0.4, -0.2) is 53.6 Å². The minimum absolute atomic E-state index is 0.139. The van der Waals surface area contributed by atoms with Gasteiger partial charge in [-0.05, 0) is 61.2 Å². The minimum Gasteiger partial charge on any atom is -0.497 e. The van der Waals surface area contributed by atoms with E-state index >= 15 is 0 Å². The summed E-state index contributed by atoms with van der Waals surface area (Å²) < 4.78 is 10.4. The summed E-state index contributed by atoms with van der Waals surface area (Å²) in [6, 6.07) is 12.7. The van der Waals surface area contributed by atoms with Gasteiger partial charge in [0.2, 0.25) is 0 Å². The van der Waals surface area contributed by atoms with Crippen LogP contribution in [0.4, 0.5) is 0 Å². The number of H-pyrrole nitrogens is 1. The number of hydrogen-bond acceptors (Lipinski definition) is 5. The van der Waals surface area contributed by atoms with E-state index in [-0.39, 0.29) is 12.5 Å². The van der Waals surface area contributed by atoms with Crippen LogP contribution in [-0.2, 0) is 9.53 Å². The van der Waals surface area contributed by atoms with E-state index in [2.05, 4.69) is 16.9 Å². The number of imidazole rings is 1. The number of carbonyl (C=O) groups excluding carboxylic acids is 2. The second-order valence-electron chi connectivity index (χ2n) is 7.69. The number of amides is 1. The van der Waals surface area contributed by atoms with Gasteiger partial charge in [-0.2, -0.15) is 0 Å². The largest absolute Gasteiger partial charge is 0.497 e. The van der Waals surface area contributed by atoms with Gasteiger partial charge in [0.15, 0.2) is 6.61 Å². The average molecular weight is 407 g/mol. The maximum atomic E-state index is 12.4. The Morgan fingerprint density at radius 1 is 1.13 bits per heavy atom. The highest BCUT2D eigenvalue weighted by atomic mass is 16.5. The number of hydrogen-bond donors (Lipinski definition) is 1. The van der Waals surface area contributed by atoms with Gasteiger partial charge < -0.3 is 19.4 Å². The van der Waals surface area contributed by atoms with Crippen LogP contribution in [0.2, 0.25) is 0 Å². The molecule has 1 aliphatic rings. The molecular formula is C23H25N3O4. The molecule has 1 amide bonds. The molecule has 0 unspecified atom stereocenters. The number of aromatic amines is 1. The number of aromatic nitrogens is 2. The lowest BCUT2D eigenvalue weighted by molar-refractivity contribution is -0.135. The van der Waals surface area contributed by atoms with E-state index in [4.69, 9.17) is 9.47 Å². The van der Waals surface area contributed by atoms with Crippen LogP contribution < -0.4 is 4.74 Å². The topological polar surface area (TPSA) is 84.5 Å². The summed E-state index contributed by atoms with van der Waals surface area (Å²) in [5.74, 6) is 1.46. The first-order valence-corrected chi connectivity index (χ1v) is 10.1. The molecule has 0 bridgehead atoms. The molecule has 0 atom stereocenters. The van der Waals surface area contributed by atoms with Crippen molar-refractivity contribution < 1.29 is 19.1 Å². The first-order valence-electron chi connectivity index (χ1n) is 10.1. The van der Waals surface area contributed by atoms with Gasteiger partial charge in [0.05, 0.1) is 23.7 Å². The van der Waals surface area contributed by atoms with E-state index in [1.807, 2.05) is 24.3 Å². The van der Waals surface area contributed by atoms with Gasteiger partial charge in [-0.3, -0.25) is 4.79 Å². The number of piperidine rings is 1. The number of benzene rings is 2. The van der Waals surface area contributed by atoms with Gasteiger partial charge in [0.25, 0.3) is 5.91 Å². The Hall–Kier alpha value is -3.35. The molecular weight excluding hydrogens is 382 g/mol. The monoisotopic (exact) mass is 407 g/mol. The molecule has 1 N–H and O–H groups in total. The third kappa shape index (κ3) is 4.30. The number of likely N-dealkylation sites (tertiary alicyclic amines) is 1. The SMILES string of the molecule is COc1ccc(-c2nc3ccc(C(=O)OCC(=O)N4CCC(C)CC4)cc3[nH]2)cc1. The Morgan fingerprint density at radius 2 is 1.87 bits per heavy atom. The highest BCUT2D eigenvalue weighted by molar-refractivity contribution is 5.95. The highest BCUT2D eigenvalue weighted by Gasteiger charge is 2.21. The van der Waals surface area contributed by atoms with Crippen molar-refractivity contribution in [2.75, 3.05) is 26.8 Å². The van der Waals surface area contributed by atoms with Crippen LogP contribution in [0.25, 0.3) is 22.4 Å². The lowest BCUT2D eigenvalue weighted by Crippen LogP contribution is -2.40. The van der Waals surface area contributed by atoms with Gasteiger partial charge in [0.1, 0.15) is 11.6 Å². The second kappa shape index (κ2) is 8.57. The van der Waals surface area contributed by atoms with Crippen molar-refractivity contribution in [2.24, 2.45) is 5.92 Å². The Kier molecular flexibility index (Phi) is 5.70. The van der Waals surface area contributed by atoms with Gasteiger partial charge in [-0.1, -0.05) is 6.92 Å². The molecule has 2 heterocycles. The van der Waals surface area contributed by atoms with Crippen LogP contribution >= 0.6 is 0 Å². The Bertz CT molecular complexity index is 1050. The molecule has 1 fully saturated rings. The smallest absolute Gasteiger partial charge is 0.338 e. The predicted octanol–water partition coefficient (Wildman–Crippen LogP) is 3.65. The molecule has 1 saturated heterocycles. The number of carbonyl (C=O) groups is 2. The first-order chi connectivity index (χ1) is 14.5. The third-order valence-corrected chi connectivity index (χ3v) is 5.54. The number of ether oxygens (including phenoxy) is 2. The fourth-order valence-electron chi connectivity index (χ4n) is 3.58. The van der Waals surface area contributed by atoms with Crippen molar-refractivity contribution in [3.05, 3.63) is 48.0 Å². The quantitative estimate of drug-likeness (QED) is 0.653. The molecule has 2 aromatic carbocycles. The number of rotatable bonds is 5. The van der Waals surface area contributed by atoms with Crippen molar-refractivity contribution in [3.63, 3.8) is 0 Å². The van der Waals surface area contributed by atoms with Gasteiger partial charge in [0, 0.05) is 18.7 Å². The standard InChI is InChI=1S/C23H25N3O4/c1-15-9-11-26(12-10-15)21(27)14-30-23(28)17-5-8-19-20(13-17)25-22(24-19)16-3-6-18(29-2)7-4-16/h3-8,13,15H,9-12,14H2,1-2H3,(H,24,25). The zero-order valence-electron chi connectivity index (χ0n) is 17.2. The molecule has 30 heavy (non-hydrogen) atoms. The average Bonchev–Trinajstić information content (AvgIpc) is 3.21. The Morgan fingerprint density at radius 3 is 2.57 bits per heavy atom. The lowest BCUT2D eigenvalue weighted by Gasteiger charge is -2.30. The molecule has 0 radical (unpaired) electrons. The van der Waals surface area contributed by atoms with Crippen molar-refractivity contribution in [3.8, 4) is 17.1 Å². The molecule has 7 nitrogen and oxygen atoms in total. The molecule has 1 aromatic heterocycles. The van der Waals surface area contributed by atoms with E-state index in [1.54, 1.807) is 30.2 Å². The fraction of sp³-hybridized carbons (Fsp3) is 0.348. The van der Waals surface area contributed by atoms with E-state index in [0.717, 1.165) is 48.3 Å². The number of nitrogens with zero attached hydrogens (tertiary/aromatic N) is 2. The maximum absolute atomic E-state index is 12.4. The minimum atomic E-state index is -0.517. The van der Waals surface area contributed by atoms with Crippen molar-refractivity contribution in [1.29, 1.82) is 0 Å². The van der Waals surface area contributed by atoms with E-state index in [0.29, 0.717) is 17.3 Å². The molecule has 7 heteroatoms. The van der Waals surface area contributed by atoms with Crippen LogP contribution in [0.5, 0.6) is 5.75 Å². The summed E-state index contributed by atoms with van der Waals surface area (Å²) in [4.78, 5) is 34.3. The Labute approximate surface area is 175 Å². The molecule has 4 rings (SSSR count). The zero-order valence-corrected chi connectivity index (χ0v) is 17.2. The number of nitrogens with one attached hydrogen (secondary N) is 1. The predicted molar refractivity (Wildman–Crippen MR) is 113 cm³/mol. The number of esters is 1. The zero-order chi connectivity index (χ0) is 21.1. The molecule has 156 valence electrons. The summed E-state index contributed by atoms with van der Waals surface area (Å²) in [5.41, 5.74) is 2.77. The lowest BCUT2D eigenvalue weighted by atomic mass is 9.99. The summed E-state index contributed by atoms with van der Waals surface area (Å²) in [5, 5.41) is 0. The molecule has 3 aromatic rings. The number of fused-ring (bicyclic) bond motifs is 1. The summed E-state index contributed by atoms with van der Waals surface area (Å²) >= 11 is 0. The van der Waals surface area contributed by atoms with Crippen molar-refractivity contribution in [2.45, 2.75) is 19.8 Å². The first kappa shape index (κ1) is 19.9. The Balaban J connectivity index is 1.42. The molecule has 0 saturated carbocycles. The summed E-state index contributed by atoms with van der Waals surface area (Å²) in [6.07, 6.45) is 1.99. The number of methoxy groups -OCH3 is 1. The second-order valence-corrected chi connectivity index (χ2v) is 7.69. The molecule has 0 spiro atoms.